The lowest BCUT2D eigenvalue weighted by molar-refractivity contribution is -0.134. The van der Waals surface area contributed by atoms with Gasteiger partial charge in [0.2, 0.25) is 0 Å². The molecule has 242 valence electrons. The maximum Gasteiger partial charge on any atom is 0.329 e. The smallest absolute Gasteiger partial charge is 0.297 e. The molecule has 1 aliphatic rings. The average Bonchev–Trinajstić information content (AvgIpc) is 3.03. The Kier molecular flexibility index (Phi) is 18.4. The molecule has 0 aliphatic carbocycles. The molecule has 1 aliphatic heterocycles. The zero-order chi connectivity index (χ0) is 31.0. The number of hydrogen-bond donors (Lipinski definition) is 0. The molecule has 0 aromatic carbocycles. The van der Waals surface area contributed by atoms with Crippen molar-refractivity contribution < 1.29 is 9.59 Å². The summed E-state index contributed by atoms with van der Waals surface area (Å²) in [6, 6.07) is -0.0792. The summed E-state index contributed by atoms with van der Waals surface area (Å²) in [5.41, 5.74) is -0.762. The van der Waals surface area contributed by atoms with Crippen molar-refractivity contribution in [2.45, 2.75) is 152 Å². The molecule has 41 heavy (non-hydrogen) atoms. The van der Waals surface area contributed by atoms with Gasteiger partial charge in [-0.3, -0.25) is 19.5 Å². The molecule has 6 nitrogen and oxygen atoms in total. The van der Waals surface area contributed by atoms with Crippen LogP contribution in [-0.2, 0) is 4.79 Å². The molecule has 0 spiro atoms. The Labute approximate surface area is 256 Å². The molecule has 1 heterocycles. The van der Waals surface area contributed by atoms with Crippen LogP contribution < -0.4 is 0 Å². The van der Waals surface area contributed by atoms with Crippen molar-refractivity contribution in [3.8, 4) is 0 Å². The summed E-state index contributed by atoms with van der Waals surface area (Å²) >= 11 is 0. The van der Waals surface area contributed by atoms with E-state index in [0.717, 1.165) is 77.5 Å². The third-order valence-electron chi connectivity index (χ3n) is 8.74. The Morgan fingerprint density at radius 1 is 0.610 bits per heavy atom. The summed E-state index contributed by atoms with van der Waals surface area (Å²) in [7, 11) is 0. The Hall–Kier alpha value is -1.14. The quantitative estimate of drug-likeness (QED) is 0.0848. The van der Waals surface area contributed by atoms with Gasteiger partial charge in [-0.25, -0.2) is 9.69 Å². The van der Waals surface area contributed by atoms with E-state index in [0.29, 0.717) is 37.0 Å². The van der Waals surface area contributed by atoms with Crippen LogP contribution in [0.5, 0.6) is 0 Å². The van der Waals surface area contributed by atoms with Gasteiger partial charge in [0.25, 0.3) is 5.91 Å². The number of rotatable bonds is 24. The minimum atomic E-state index is -0.762. The second kappa shape index (κ2) is 19.9. The van der Waals surface area contributed by atoms with E-state index in [1.165, 1.54) is 25.7 Å². The molecular weight excluding hydrogens is 508 g/mol. The van der Waals surface area contributed by atoms with Crippen molar-refractivity contribution in [3.63, 3.8) is 0 Å². The molecule has 1 saturated heterocycles. The standard InChI is InChI=1S/C35H70N4O2/c1-11-12-13-22-35(10)33(40)38(27-36(23-14-18-29(2)3)24-15-19-30(4)5)34(41)39(35)28-37(25-16-20-31(6)7)26-17-21-32(8)9/h29-32H,11-28H2,1-10H3. The molecule has 3 amide bonds. The van der Waals surface area contributed by atoms with E-state index in [2.05, 4.69) is 72.1 Å². The third-order valence-corrected chi connectivity index (χ3v) is 8.74. The summed E-state index contributed by atoms with van der Waals surface area (Å²) < 4.78 is 0. The number of carbonyl (C=O) groups excluding carboxylic acids is 2. The van der Waals surface area contributed by atoms with E-state index < -0.39 is 5.54 Å². The lowest BCUT2D eigenvalue weighted by Gasteiger charge is -2.36. The molecule has 1 atom stereocenters. The average molecular weight is 579 g/mol. The van der Waals surface area contributed by atoms with E-state index in [9.17, 15) is 9.59 Å². The largest absolute Gasteiger partial charge is 0.329 e. The van der Waals surface area contributed by atoms with Crippen LogP contribution in [0.1, 0.15) is 146 Å². The minimum Gasteiger partial charge on any atom is -0.297 e. The lowest BCUT2D eigenvalue weighted by atomic mass is 9.93. The molecule has 0 aromatic heterocycles. The van der Waals surface area contributed by atoms with Crippen molar-refractivity contribution in [2.75, 3.05) is 39.5 Å². The topological polar surface area (TPSA) is 47.1 Å². The SMILES string of the molecule is CCCCCC1(C)C(=O)N(CN(CCCC(C)C)CCCC(C)C)C(=O)N1CN(CCCC(C)C)CCCC(C)C. The highest BCUT2D eigenvalue weighted by atomic mass is 16.2. The second-order valence-electron chi connectivity index (χ2n) is 14.8. The Balaban J connectivity index is 3.17. The van der Waals surface area contributed by atoms with Gasteiger partial charge < -0.3 is 0 Å². The number of nitrogens with zero attached hydrogens (tertiary/aromatic N) is 4. The van der Waals surface area contributed by atoms with Crippen molar-refractivity contribution in [1.29, 1.82) is 0 Å². The number of imide groups is 1. The normalized spacial score (nSPS) is 18.2. The molecule has 1 rings (SSSR count). The highest BCUT2D eigenvalue weighted by Gasteiger charge is 2.54. The fraction of sp³-hybridized carbons (Fsp3) is 0.943. The molecule has 0 N–H and O–H groups in total. The summed E-state index contributed by atoms with van der Waals surface area (Å²) in [6.07, 6.45) is 13.1. The van der Waals surface area contributed by atoms with Gasteiger partial charge in [-0.15, -0.1) is 0 Å². The Morgan fingerprint density at radius 2 is 1.00 bits per heavy atom. The summed E-state index contributed by atoms with van der Waals surface area (Å²) in [5, 5.41) is 0. The van der Waals surface area contributed by atoms with Gasteiger partial charge in [-0.1, -0.05) is 81.6 Å². The van der Waals surface area contributed by atoms with Crippen molar-refractivity contribution in [1.82, 2.24) is 19.6 Å². The van der Waals surface area contributed by atoms with Crippen LogP contribution >= 0.6 is 0 Å². The van der Waals surface area contributed by atoms with E-state index in [4.69, 9.17) is 0 Å². The maximum absolute atomic E-state index is 14.1. The zero-order valence-corrected chi connectivity index (χ0v) is 29.1. The number of amides is 3. The van der Waals surface area contributed by atoms with Crippen LogP contribution in [0, 0.1) is 23.7 Å². The predicted molar refractivity (Wildman–Crippen MR) is 176 cm³/mol. The molecular formula is C35H70N4O2. The summed E-state index contributed by atoms with van der Waals surface area (Å²) in [6.45, 7) is 27.3. The minimum absolute atomic E-state index is 0.0145. The van der Waals surface area contributed by atoms with Gasteiger partial charge in [-0.2, -0.15) is 0 Å². The van der Waals surface area contributed by atoms with E-state index >= 15 is 0 Å². The van der Waals surface area contributed by atoms with E-state index in [1.807, 2.05) is 11.8 Å². The molecule has 1 fully saturated rings. The van der Waals surface area contributed by atoms with Crippen molar-refractivity contribution in [2.24, 2.45) is 23.7 Å². The van der Waals surface area contributed by atoms with Gasteiger partial charge in [-0.05, 0) is 115 Å². The highest BCUT2D eigenvalue weighted by Crippen LogP contribution is 2.33. The first-order chi connectivity index (χ1) is 19.3. The molecule has 0 saturated carbocycles. The fourth-order valence-electron chi connectivity index (χ4n) is 5.95. The van der Waals surface area contributed by atoms with Crippen LogP contribution in [0.3, 0.4) is 0 Å². The van der Waals surface area contributed by atoms with E-state index in [1.54, 1.807) is 4.90 Å². The van der Waals surface area contributed by atoms with Crippen LogP contribution in [0.15, 0.2) is 0 Å². The summed E-state index contributed by atoms with van der Waals surface area (Å²) in [5.74, 6) is 2.69. The van der Waals surface area contributed by atoms with Crippen LogP contribution in [-0.4, -0.2) is 76.6 Å². The number of carbonyl (C=O) groups is 2. The Morgan fingerprint density at radius 3 is 1.37 bits per heavy atom. The molecule has 0 radical (unpaired) electrons. The predicted octanol–water partition coefficient (Wildman–Crippen LogP) is 8.85. The summed E-state index contributed by atoms with van der Waals surface area (Å²) in [4.78, 5) is 36.7. The number of hydrogen-bond acceptors (Lipinski definition) is 4. The van der Waals surface area contributed by atoms with Crippen molar-refractivity contribution >= 4 is 11.9 Å². The van der Waals surface area contributed by atoms with Gasteiger partial charge in [0.15, 0.2) is 0 Å². The van der Waals surface area contributed by atoms with Crippen LogP contribution in [0.2, 0.25) is 0 Å². The lowest BCUT2D eigenvalue weighted by Crippen LogP contribution is -2.52. The first-order valence-corrected chi connectivity index (χ1v) is 17.4. The zero-order valence-electron chi connectivity index (χ0n) is 29.1. The molecule has 6 heteroatoms. The van der Waals surface area contributed by atoms with Gasteiger partial charge in [0.1, 0.15) is 5.54 Å². The molecule has 1 unspecified atom stereocenters. The van der Waals surface area contributed by atoms with Crippen LogP contribution in [0.25, 0.3) is 0 Å². The van der Waals surface area contributed by atoms with Crippen LogP contribution in [0.4, 0.5) is 4.79 Å². The Bertz CT molecular complexity index is 695. The van der Waals surface area contributed by atoms with Gasteiger partial charge in [0, 0.05) is 0 Å². The molecule has 0 bridgehead atoms. The third kappa shape index (κ3) is 14.3. The first-order valence-electron chi connectivity index (χ1n) is 17.4. The van der Waals surface area contributed by atoms with Crippen molar-refractivity contribution in [3.05, 3.63) is 0 Å². The number of unbranched alkanes of at least 4 members (excludes halogenated alkanes) is 2. The monoisotopic (exact) mass is 579 g/mol. The van der Waals surface area contributed by atoms with Gasteiger partial charge >= 0.3 is 6.03 Å². The second-order valence-corrected chi connectivity index (χ2v) is 14.8. The molecule has 0 aromatic rings. The fourth-order valence-corrected chi connectivity index (χ4v) is 5.95. The van der Waals surface area contributed by atoms with E-state index in [-0.39, 0.29) is 11.9 Å². The van der Waals surface area contributed by atoms with Gasteiger partial charge in [0.05, 0.1) is 13.3 Å². The number of urea groups is 1. The maximum atomic E-state index is 14.1. The first kappa shape index (κ1) is 37.9. The highest BCUT2D eigenvalue weighted by molar-refractivity contribution is 6.06.